The fourth-order valence-corrected chi connectivity index (χ4v) is 3.39. The summed E-state index contributed by atoms with van der Waals surface area (Å²) < 4.78 is 16.8. The second-order valence-corrected chi connectivity index (χ2v) is 5.19. The van der Waals surface area contributed by atoms with Crippen molar-refractivity contribution in [2.75, 3.05) is 6.61 Å². The first-order chi connectivity index (χ1) is 5.45. The van der Waals surface area contributed by atoms with E-state index in [0.29, 0.717) is 11.2 Å². The molecule has 0 aliphatic rings. The summed E-state index contributed by atoms with van der Waals surface area (Å²) in [4.78, 5) is 11.2. The zero-order valence-corrected chi connectivity index (χ0v) is 9.66. The largest absolute Gasteiger partial charge is 0.765 e. The molecule has 0 radical (unpaired) electrons. The molecule has 0 aliphatic heterocycles. The Morgan fingerprint density at radius 2 is 2.25 bits per heavy atom. The van der Waals surface area contributed by atoms with E-state index < -0.39 is 7.75 Å². The van der Waals surface area contributed by atoms with Crippen LogP contribution in [0.5, 0.6) is 0 Å². The van der Waals surface area contributed by atoms with Crippen molar-refractivity contribution in [3.8, 4) is 0 Å². The van der Waals surface area contributed by atoms with Gasteiger partial charge in [-0.05, 0) is 31.5 Å². The van der Waals surface area contributed by atoms with E-state index in [1.54, 1.807) is 20.8 Å². The van der Waals surface area contributed by atoms with E-state index in [0.717, 1.165) is 4.08 Å². The third kappa shape index (κ3) is 3.64. The molecule has 0 aliphatic carbocycles. The molecule has 0 aromatic rings. The zero-order chi connectivity index (χ0) is 9.78. The predicted octanol–water partition coefficient (Wildman–Crippen LogP) is 2.00. The van der Waals surface area contributed by atoms with Crippen molar-refractivity contribution in [3.05, 3.63) is 0 Å². The highest BCUT2D eigenvalue weighted by Crippen LogP contribution is 2.49. The zero-order valence-electron chi connectivity index (χ0n) is 7.19. The lowest BCUT2D eigenvalue weighted by atomic mass is 10.4. The van der Waals surface area contributed by atoms with Gasteiger partial charge in [-0.3, -0.25) is 4.57 Å². The minimum Gasteiger partial charge on any atom is -0.765 e. The van der Waals surface area contributed by atoms with Crippen molar-refractivity contribution in [1.29, 1.82) is 0 Å². The Morgan fingerprint density at radius 3 is 2.50 bits per heavy atom. The van der Waals surface area contributed by atoms with Crippen LogP contribution in [-0.2, 0) is 9.09 Å². The lowest BCUT2D eigenvalue weighted by Gasteiger charge is -2.34. The van der Waals surface area contributed by atoms with Crippen LogP contribution in [0.1, 0.15) is 20.8 Å². The van der Waals surface area contributed by atoms with Crippen LogP contribution in [0.15, 0.2) is 0 Å². The van der Waals surface area contributed by atoms with E-state index in [4.69, 9.17) is 10.7 Å². The van der Waals surface area contributed by atoms with E-state index >= 15 is 0 Å². The van der Waals surface area contributed by atoms with Crippen LogP contribution >= 0.6 is 29.6 Å². The molecule has 0 heterocycles. The van der Waals surface area contributed by atoms with Crippen molar-refractivity contribution in [2.24, 2.45) is 0 Å². The maximum Gasteiger partial charge on any atom is 0.217 e. The molecule has 0 spiro atoms. The van der Waals surface area contributed by atoms with Crippen LogP contribution in [0.4, 0.5) is 0 Å². The van der Waals surface area contributed by atoms with Crippen LogP contribution in [0, 0.1) is 0 Å². The highest BCUT2D eigenvalue weighted by Gasteiger charge is 2.22. The van der Waals surface area contributed by atoms with E-state index in [1.165, 1.54) is 0 Å². The minimum absolute atomic E-state index is 0.126. The molecule has 0 fully saturated rings. The molecule has 1 atom stereocenters. The number of nitrogens with zero attached hydrogens (tertiary/aromatic N) is 1. The van der Waals surface area contributed by atoms with Crippen LogP contribution in [-0.4, -0.2) is 16.7 Å². The van der Waals surface area contributed by atoms with Crippen molar-refractivity contribution in [1.82, 2.24) is 4.08 Å². The summed E-state index contributed by atoms with van der Waals surface area (Å²) in [6.07, 6.45) is 0. The van der Waals surface area contributed by atoms with Crippen molar-refractivity contribution in [3.63, 3.8) is 0 Å². The van der Waals surface area contributed by atoms with Crippen molar-refractivity contribution < 1.29 is 14.0 Å². The van der Waals surface area contributed by atoms with Crippen molar-refractivity contribution >= 4 is 29.6 Å². The fraction of sp³-hybridized carbons (Fsp3) is 1.00. The average Bonchev–Trinajstić information content (AvgIpc) is 1.86. The molecular weight excluding hydrogens is 221 g/mol. The van der Waals surface area contributed by atoms with Crippen LogP contribution in [0.25, 0.3) is 0 Å². The number of halogens is 1. The molecule has 0 amide bonds. The second kappa shape index (κ2) is 5.47. The lowest BCUT2D eigenvalue weighted by molar-refractivity contribution is -0.208. The van der Waals surface area contributed by atoms with Gasteiger partial charge in [-0.25, -0.2) is 0 Å². The van der Waals surface area contributed by atoms with E-state index in [2.05, 4.69) is 4.52 Å². The maximum absolute atomic E-state index is 11.2. The number of hydrogen-bond acceptors (Lipinski definition) is 4. The second-order valence-electron chi connectivity index (χ2n) is 2.35. The highest BCUT2D eigenvalue weighted by atomic mass is 35.7. The number of hydrogen-bond donors (Lipinski definition) is 0. The van der Waals surface area contributed by atoms with E-state index in [9.17, 15) is 9.46 Å². The molecule has 0 aromatic heterocycles. The SMILES string of the molecule is CCOP(=O)([O-])N(SCl)C(C)C. The number of rotatable bonds is 5. The summed E-state index contributed by atoms with van der Waals surface area (Å²) in [6, 6.07) is -0.206. The van der Waals surface area contributed by atoms with Gasteiger partial charge in [0, 0.05) is 17.2 Å². The summed E-state index contributed by atoms with van der Waals surface area (Å²) in [5, 5.41) is 0. The quantitative estimate of drug-likeness (QED) is 0.536. The van der Waals surface area contributed by atoms with Gasteiger partial charge in [0.1, 0.15) is 0 Å². The summed E-state index contributed by atoms with van der Waals surface area (Å²) in [5.74, 6) is 0. The van der Waals surface area contributed by atoms with Gasteiger partial charge < -0.3 is 9.42 Å². The highest BCUT2D eigenvalue weighted by molar-refractivity contribution is 8.21. The third-order valence-electron chi connectivity index (χ3n) is 1.05. The average molecular weight is 233 g/mol. The fourth-order valence-electron chi connectivity index (χ4n) is 0.620. The first-order valence-electron chi connectivity index (χ1n) is 3.49. The summed E-state index contributed by atoms with van der Waals surface area (Å²) in [6.45, 7) is 5.18. The van der Waals surface area contributed by atoms with Gasteiger partial charge in [-0.2, -0.15) is 4.08 Å². The molecule has 1 unspecified atom stereocenters. The monoisotopic (exact) mass is 232 g/mol. The smallest absolute Gasteiger partial charge is 0.217 e. The molecule has 0 aromatic carbocycles. The Hall–Kier alpha value is 0.750. The summed E-state index contributed by atoms with van der Waals surface area (Å²) in [7, 11) is 1.43. The molecule has 4 nitrogen and oxygen atoms in total. The van der Waals surface area contributed by atoms with Gasteiger partial charge in [0.15, 0.2) is 0 Å². The molecule has 0 N–H and O–H groups in total. The Morgan fingerprint density at radius 1 is 1.75 bits per heavy atom. The molecule has 7 heteroatoms. The Labute approximate surface area is 81.5 Å². The predicted molar refractivity (Wildman–Crippen MR) is 49.7 cm³/mol. The topological polar surface area (TPSA) is 52.6 Å². The summed E-state index contributed by atoms with van der Waals surface area (Å²) >= 11 is 0.630. The van der Waals surface area contributed by atoms with E-state index in [-0.39, 0.29) is 12.6 Å². The molecular formula is C5H12ClNO3PS-. The van der Waals surface area contributed by atoms with Crippen molar-refractivity contribution in [2.45, 2.75) is 26.8 Å². The van der Waals surface area contributed by atoms with Gasteiger partial charge in [-0.15, -0.1) is 0 Å². The van der Waals surface area contributed by atoms with Gasteiger partial charge >= 0.3 is 0 Å². The molecule has 12 heavy (non-hydrogen) atoms. The summed E-state index contributed by atoms with van der Waals surface area (Å²) in [5.41, 5.74) is 0. The molecule has 0 saturated carbocycles. The van der Waals surface area contributed by atoms with Gasteiger partial charge in [-0.1, -0.05) is 0 Å². The lowest BCUT2D eigenvalue weighted by Crippen LogP contribution is -2.26. The first kappa shape index (κ1) is 12.8. The Balaban J connectivity index is 4.37. The van der Waals surface area contributed by atoms with Gasteiger partial charge in [0.2, 0.25) is 7.75 Å². The molecule has 74 valence electrons. The first-order valence-corrected chi connectivity index (χ1v) is 6.59. The Bertz CT molecular complexity index is 180. The van der Waals surface area contributed by atoms with Gasteiger partial charge in [0.05, 0.1) is 6.61 Å². The van der Waals surface area contributed by atoms with E-state index in [1.807, 2.05) is 0 Å². The standard InChI is InChI=1S/C5H13ClNO3PS/c1-4-10-11(8,9)7(12-6)5(2)3/h5H,4H2,1-3H3,(H,8,9)/p-1. The van der Waals surface area contributed by atoms with Crippen LogP contribution in [0.3, 0.4) is 0 Å². The van der Waals surface area contributed by atoms with Gasteiger partial charge in [0.25, 0.3) is 0 Å². The normalized spacial score (nSPS) is 16.9. The molecule has 0 saturated heterocycles. The molecule has 0 bridgehead atoms. The van der Waals surface area contributed by atoms with Crippen LogP contribution in [0.2, 0.25) is 0 Å². The molecule has 0 rings (SSSR count). The Kier molecular flexibility index (Phi) is 5.82. The maximum atomic E-state index is 11.2. The minimum atomic E-state index is -3.94. The third-order valence-corrected chi connectivity index (χ3v) is 4.72. The van der Waals surface area contributed by atoms with Crippen LogP contribution < -0.4 is 4.89 Å².